The highest BCUT2D eigenvalue weighted by Gasteiger charge is 2.33. The van der Waals surface area contributed by atoms with Gasteiger partial charge in [0.15, 0.2) is 0 Å². The fourth-order valence-corrected chi connectivity index (χ4v) is 5.74. The average molecular weight is 551 g/mol. The Morgan fingerprint density at radius 1 is 0.854 bits per heavy atom. The third kappa shape index (κ3) is 7.25. The Hall–Kier alpha value is -4.33. The Kier molecular flexibility index (Phi) is 8.57. The third-order valence-corrected chi connectivity index (χ3v) is 8.24. The van der Waals surface area contributed by atoms with Crippen LogP contribution in [0, 0.1) is 11.3 Å². The average Bonchev–Trinajstić information content (AvgIpc) is 3.50. The van der Waals surface area contributed by atoms with Crippen LogP contribution in [0.15, 0.2) is 78.9 Å². The maximum Gasteiger partial charge on any atom is 0.270 e. The van der Waals surface area contributed by atoms with Crippen LogP contribution < -0.4 is 5.32 Å². The summed E-state index contributed by atoms with van der Waals surface area (Å²) in [4.78, 5) is 28.4. The normalized spacial score (nSPS) is 17.1. The van der Waals surface area contributed by atoms with Crippen LogP contribution in [-0.2, 0) is 17.8 Å². The molecular weight excluding hydrogens is 512 g/mol. The SMILES string of the molecule is CC(C)(C)C1CCC(N(Cc2ccc(C(=O)Nc3nn[nH]n3)cc2)C(=O)Cc2ccc(-c3ccccc3)cc2)CC1. The number of carbonyl (C=O) groups is 2. The lowest BCUT2D eigenvalue weighted by Crippen LogP contribution is -2.43. The summed E-state index contributed by atoms with van der Waals surface area (Å²) in [6.45, 7) is 7.46. The van der Waals surface area contributed by atoms with Crippen LogP contribution in [-0.4, -0.2) is 43.4 Å². The van der Waals surface area contributed by atoms with Gasteiger partial charge in [0, 0.05) is 18.2 Å². The van der Waals surface area contributed by atoms with Gasteiger partial charge in [-0.1, -0.05) is 92.6 Å². The summed E-state index contributed by atoms with van der Waals surface area (Å²) in [7, 11) is 0. The summed E-state index contributed by atoms with van der Waals surface area (Å²) in [6.07, 6.45) is 4.62. The first kappa shape index (κ1) is 28.2. The predicted molar refractivity (Wildman–Crippen MR) is 160 cm³/mol. The molecule has 8 heteroatoms. The molecule has 0 saturated heterocycles. The first-order chi connectivity index (χ1) is 19.8. The number of hydrogen-bond acceptors (Lipinski definition) is 5. The van der Waals surface area contributed by atoms with Crippen LogP contribution in [0.4, 0.5) is 5.95 Å². The van der Waals surface area contributed by atoms with Crippen molar-refractivity contribution < 1.29 is 9.59 Å². The molecule has 0 bridgehead atoms. The standard InChI is InChI=1S/C33H38N6O2/c1-33(2,3)28-17-19-29(20-18-28)39(22-24-11-15-27(16-12-24)31(41)34-32-35-37-38-36-32)30(40)21-23-9-13-26(14-10-23)25-7-5-4-6-8-25/h4-16,28-29H,17-22H2,1-3H3,(H2,34,35,36,37,38,41). The van der Waals surface area contributed by atoms with Crippen molar-refractivity contribution in [3.8, 4) is 11.1 Å². The minimum Gasteiger partial charge on any atom is -0.335 e. The van der Waals surface area contributed by atoms with Crippen LogP contribution in [0.5, 0.6) is 0 Å². The zero-order chi connectivity index (χ0) is 28.8. The molecule has 2 amide bonds. The van der Waals surface area contributed by atoms with Gasteiger partial charge in [0.05, 0.1) is 6.42 Å². The summed E-state index contributed by atoms with van der Waals surface area (Å²) in [6, 6.07) is 26.1. The number of H-pyrrole nitrogens is 1. The number of rotatable bonds is 8. The highest BCUT2D eigenvalue weighted by molar-refractivity contribution is 6.03. The minimum absolute atomic E-state index is 0.124. The van der Waals surface area contributed by atoms with E-state index in [-0.39, 0.29) is 29.2 Å². The number of carbonyl (C=O) groups excluding carboxylic acids is 2. The van der Waals surface area contributed by atoms with Gasteiger partial charge in [-0.25, -0.2) is 0 Å². The molecule has 0 atom stereocenters. The van der Waals surface area contributed by atoms with E-state index in [1.165, 1.54) is 0 Å². The molecule has 1 saturated carbocycles. The van der Waals surface area contributed by atoms with Gasteiger partial charge in [0.2, 0.25) is 5.91 Å². The topological polar surface area (TPSA) is 104 Å². The van der Waals surface area contributed by atoms with Gasteiger partial charge in [-0.05, 0) is 76.6 Å². The molecule has 1 aliphatic rings. The van der Waals surface area contributed by atoms with Crippen LogP contribution in [0.25, 0.3) is 11.1 Å². The number of benzene rings is 3. The number of hydrogen-bond donors (Lipinski definition) is 2. The zero-order valence-corrected chi connectivity index (χ0v) is 24.0. The number of tetrazole rings is 1. The quantitative estimate of drug-likeness (QED) is 0.268. The third-order valence-electron chi connectivity index (χ3n) is 8.24. The Balaban J connectivity index is 1.29. The van der Waals surface area contributed by atoms with Crippen molar-refractivity contribution in [1.82, 2.24) is 25.5 Å². The van der Waals surface area contributed by atoms with Crippen LogP contribution >= 0.6 is 0 Å². The molecule has 1 fully saturated rings. The molecule has 1 heterocycles. The van der Waals surface area contributed by atoms with Gasteiger partial charge in [-0.3, -0.25) is 14.9 Å². The van der Waals surface area contributed by atoms with E-state index in [0.29, 0.717) is 24.4 Å². The van der Waals surface area contributed by atoms with Crippen molar-refractivity contribution in [2.45, 2.75) is 65.5 Å². The molecule has 2 N–H and O–H groups in total. The summed E-state index contributed by atoms with van der Waals surface area (Å²) >= 11 is 0. The Bertz CT molecular complexity index is 1420. The van der Waals surface area contributed by atoms with Gasteiger partial charge in [-0.2, -0.15) is 5.21 Å². The van der Waals surface area contributed by atoms with E-state index in [1.54, 1.807) is 12.1 Å². The molecule has 41 heavy (non-hydrogen) atoms. The second kappa shape index (κ2) is 12.5. The maximum absolute atomic E-state index is 13.8. The smallest absolute Gasteiger partial charge is 0.270 e. The van der Waals surface area contributed by atoms with E-state index >= 15 is 0 Å². The molecule has 0 aliphatic heterocycles. The molecule has 0 radical (unpaired) electrons. The monoisotopic (exact) mass is 550 g/mol. The zero-order valence-electron chi connectivity index (χ0n) is 24.0. The van der Waals surface area contributed by atoms with Crippen molar-refractivity contribution in [2.75, 3.05) is 5.32 Å². The molecule has 8 nitrogen and oxygen atoms in total. The van der Waals surface area contributed by atoms with E-state index in [2.05, 4.69) is 88.0 Å². The fraction of sp³-hybridized carbons (Fsp3) is 0.364. The number of aromatic amines is 1. The van der Waals surface area contributed by atoms with Gasteiger partial charge in [0.25, 0.3) is 11.9 Å². The fourth-order valence-electron chi connectivity index (χ4n) is 5.74. The van der Waals surface area contributed by atoms with Crippen molar-refractivity contribution in [1.29, 1.82) is 0 Å². The van der Waals surface area contributed by atoms with Gasteiger partial charge < -0.3 is 4.90 Å². The molecule has 0 unspecified atom stereocenters. The van der Waals surface area contributed by atoms with Crippen molar-refractivity contribution in [3.05, 3.63) is 95.6 Å². The lowest BCUT2D eigenvalue weighted by atomic mass is 9.71. The number of nitrogens with one attached hydrogen (secondary N) is 2. The summed E-state index contributed by atoms with van der Waals surface area (Å²) in [5.41, 5.74) is 5.07. The lowest BCUT2D eigenvalue weighted by molar-refractivity contribution is -0.134. The van der Waals surface area contributed by atoms with Crippen molar-refractivity contribution in [2.24, 2.45) is 11.3 Å². The number of nitrogens with zero attached hydrogens (tertiary/aromatic N) is 4. The number of aromatic nitrogens is 4. The molecule has 1 aliphatic carbocycles. The largest absolute Gasteiger partial charge is 0.335 e. The molecule has 1 aromatic heterocycles. The highest BCUT2D eigenvalue weighted by Crippen LogP contribution is 2.39. The summed E-state index contributed by atoms with van der Waals surface area (Å²) in [5, 5.41) is 15.9. The van der Waals surface area contributed by atoms with E-state index < -0.39 is 0 Å². The minimum atomic E-state index is -0.315. The first-order valence-corrected chi connectivity index (χ1v) is 14.3. The first-order valence-electron chi connectivity index (χ1n) is 14.3. The van der Waals surface area contributed by atoms with Gasteiger partial charge in [-0.15, -0.1) is 5.10 Å². The summed E-state index contributed by atoms with van der Waals surface area (Å²) < 4.78 is 0. The van der Waals surface area contributed by atoms with Crippen molar-refractivity contribution >= 4 is 17.8 Å². The second-order valence-corrected chi connectivity index (χ2v) is 12.0. The van der Waals surface area contributed by atoms with E-state index in [1.807, 2.05) is 30.3 Å². The van der Waals surface area contributed by atoms with E-state index in [9.17, 15) is 9.59 Å². The molecule has 3 aromatic carbocycles. The lowest BCUT2D eigenvalue weighted by Gasteiger charge is -2.41. The second-order valence-electron chi connectivity index (χ2n) is 12.0. The van der Waals surface area contributed by atoms with Crippen LogP contribution in [0.2, 0.25) is 0 Å². The van der Waals surface area contributed by atoms with Gasteiger partial charge >= 0.3 is 0 Å². The van der Waals surface area contributed by atoms with Crippen molar-refractivity contribution in [3.63, 3.8) is 0 Å². The summed E-state index contributed by atoms with van der Waals surface area (Å²) in [5.74, 6) is 0.609. The Morgan fingerprint density at radius 3 is 2.10 bits per heavy atom. The Morgan fingerprint density at radius 2 is 1.49 bits per heavy atom. The van der Waals surface area contributed by atoms with Gasteiger partial charge in [0.1, 0.15) is 0 Å². The molecule has 5 rings (SSSR count). The number of anilines is 1. The van der Waals surface area contributed by atoms with E-state index in [0.717, 1.165) is 47.9 Å². The molecular formula is C33H38N6O2. The molecule has 212 valence electrons. The molecule has 4 aromatic rings. The maximum atomic E-state index is 13.8. The Labute approximate surface area is 241 Å². The highest BCUT2D eigenvalue weighted by atomic mass is 16.2. The van der Waals surface area contributed by atoms with Crippen LogP contribution in [0.3, 0.4) is 0 Å². The molecule has 0 spiro atoms. The van der Waals surface area contributed by atoms with E-state index in [4.69, 9.17) is 0 Å². The predicted octanol–water partition coefficient (Wildman–Crippen LogP) is 6.30. The number of amides is 2. The van der Waals surface area contributed by atoms with Crippen LogP contribution in [0.1, 0.15) is 67.9 Å².